The molecule has 0 aromatic heterocycles. The summed E-state index contributed by atoms with van der Waals surface area (Å²) in [7, 11) is 0. The first-order chi connectivity index (χ1) is 14.6. The molecule has 1 unspecified atom stereocenters. The molecule has 0 aromatic rings. The third-order valence-corrected chi connectivity index (χ3v) is 6.95. The van der Waals surface area contributed by atoms with Crippen LogP contribution in [0.2, 0.25) is 0 Å². The van der Waals surface area contributed by atoms with Crippen LogP contribution >= 0.6 is 0 Å². The largest absolute Gasteiger partial charge is 0.481 e. The molecule has 0 saturated heterocycles. The van der Waals surface area contributed by atoms with Crippen molar-refractivity contribution in [1.82, 2.24) is 0 Å². The fraction of sp³-hybridized carbons (Fsp3) is 0.964. The van der Waals surface area contributed by atoms with E-state index in [9.17, 15) is 9.90 Å². The summed E-state index contributed by atoms with van der Waals surface area (Å²) in [4.78, 5) is 11.5. The van der Waals surface area contributed by atoms with Crippen molar-refractivity contribution in [3.05, 3.63) is 0 Å². The van der Waals surface area contributed by atoms with Crippen molar-refractivity contribution in [2.45, 2.75) is 162 Å². The summed E-state index contributed by atoms with van der Waals surface area (Å²) in [6, 6.07) is 0. The first-order valence-electron chi connectivity index (χ1n) is 13.9. The van der Waals surface area contributed by atoms with Crippen LogP contribution in [0.15, 0.2) is 0 Å². The standard InChI is InChI=1S/C28H56O2/c1-4-6-8-10-12-14-16-18-20-22-24-27(26(3)28(29)30)25-23-21-19-17-15-13-11-9-7-5-2/h26-27H,4-25H2,1-3H3,(H,29,30). The van der Waals surface area contributed by atoms with Gasteiger partial charge in [-0.1, -0.05) is 149 Å². The molecule has 0 spiro atoms. The molecule has 2 nitrogen and oxygen atoms in total. The van der Waals surface area contributed by atoms with E-state index in [0.717, 1.165) is 12.8 Å². The van der Waals surface area contributed by atoms with Gasteiger partial charge >= 0.3 is 5.97 Å². The zero-order valence-corrected chi connectivity index (χ0v) is 21.1. The monoisotopic (exact) mass is 424 g/mol. The van der Waals surface area contributed by atoms with E-state index < -0.39 is 5.97 Å². The van der Waals surface area contributed by atoms with Crippen molar-refractivity contribution < 1.29 is 9.90 Å². The zero-order chi connectivity index (χ0) is 22.3. The predicted octanol–water partition coefficient (Wildman–Crippen LogP) is 9.95. The first kappa shape index (κ1) is 29.5. The Balaban J connectivity index is 3.73. The molecule has 0 aliphatic heterocycles. The summed E-state index contributed by atoms with van der Waals surface area (Å²) < 4.78 is 0. The maximum Gasteiger partial charge on any atom is 0.306 e. The summed E-state index contributed by atoms with van der Waals surface area (Å²) in [5.74, 6) is -0.396. The van der Waals surface area contributed by atoms with Crippen molar-refractivity contribution in [2.24, 2.45) is 11.8 Å². The van der Waals surface area contributed by atoms with E-state index >= 15 is 0 Å². The maximum absolute atomic E-state index is 11.5. The second kappa shape index (κ2) is 23.1. The highest BCUT2D eigenvalue weighted by Crippen LogP contribution is 2.26. The molecule has 0 aliphatic rings. The summed E-state index contributed by atoms with van der Waals surface area (Å²) in [6.45, 7) is 6.48. The lowest BCUT2D eigenvalue weighted by atomic mass is 9.84. The SMILES string of the molecule is CCCCCCCCCCCCC(CCCCCCCCCCCC)C(C)C(=O)O. The summed E-state index contributed by atoms with van der Waals surface area (Å²) in [5.41, 5.74) is 0. The van der Waals surface area contributed by atoms with Gasteiger partial charge in [0.1, 0.15) is 0 Å². The Morgan fingerprint density at radius 3 is 1.07 bits per heavy atom. The van der Waals surface area contributed by atoms with Crippen LogP contribution in [-0.4, -0.2) is 11.1 Å². The van der Waals surface area contributed by atoms with Crippen molar-refractivity contribution in [2.75, 3.05) is 0 Å². The molecule has 0 aliphatic carbocycles. The number of carboxylic acid groups (broad SMARTS) is 1. The van der Waals surface area contributed by atoms with Gasteiger partial charge in [-0.05, 0) is 18.8 Å². The Morgan fingerprint density at radius 2 is 0.800 bits per heavy atom. The number of carboxylic acids is 1. The molecular formula is C28H56O2. The topological polar surface area (TPSA) is 37.3 Å². The second-order valence-electron chi connectivity index (χ2n) is 9.83. The van der Waals surface area contributed by atoms with Crippen LogP contribution in [0.3, 0.4) is 0 Å². The molecule has 1 atom stereocenters. The Morgan fingerprint density at radius 1 is 0.533 bits per heavy atom. The molecular weight excluding hydrogens is 368 g/mol. The van der Waals surface area contributed by atoms with Gasteiger partial charge in [-0.3, -0.25) is 4.79 Å². The molecule has 0 bridgehead atoms. The van der Waals surface area contributed by atoms with E-state index in [0.29, 0.717) is 5.92 Å². The van der Waals surface area contributed by atoms with E-state index in [1.165, 1.54) is 128 Å². The van der Waals surface area contributed by atoms with Crippen LogP contribution in [0.1, 0.15) is 162 Å². The van der Waals surface area contributed by atoms with Gasteiger partial charge in [0.2, 0.25) is 0 Å². The molecule has 0 aromatic carbocycles. The Hall–Kier alpha value is -0.530. The lowest BCUT2D eigenvalue weighted by molar-refractivity contribution is -0.143. The molecule has 30 heavy (non-hydrogen) atoms. The third-order valence-electron chi connectivity index (χ3n) is 6.95. The fourth-order valence-corrected chi connectivity index (χ4v) is 4.63. The Bertz CT molecular complexity index is 329. The average Bonchev–Trinajstić information content (AvgIpc) is 2.74. The predicted molar refractivity (Wildman–Crippen MR) is 133 cm³/mol. The van der Waals surface area contributed by atoms with Gasteiger partial charge in [-0.15, -0.1) is 0 Å². The van der Waals surface area contributed by atoms with Crippen LogP contribution in [0.25, 0.3) is 0 Å². The second-order valence-corrected chi connectivity index (χ2v) is 9.83. The Kier molecular flexibility index (Phi) is 22.7. The molecule has 1 N–H and O–H groups in total. The van der Waals surface area contributed by atoms with Gasteiger partial charge < -0.3 is 5.11 Å². The highest BCUT2D eigenvalue weighted by atomic mass is 16.4. The molecule has 0 rings (SSSR count). The minimum atomic E-state index is -0.598. The highest BCUT2D eigenvalue weighted by Gasteiger charge is 2.22. The zero-order valence-electron chi connectivity index (χ0n) is 21.1. The van der Waals surface area contributed by atoms with Gasteiger partial charge in [-0.25, -0.2) is 0 Å². The van der Waals surface area contributed by atoms with Crippen LogP contribution < -0.4 is 0 Å². The number of hydrogen-bond donors (Lipinski definition) is 1. The van der Waals surface area contributed by atoms with E-state index in [1.807, 2.05) is 6.92 Å². The Labute approximate surface area is 190 Å². The van der Waals surface area contributed by atoms with Gasteiger partial charge in [0.15, 0.2) is 0 Å². The molecule has 0 radical (unpaired) electrons. The average molecular weight is 425 g/mol. The van der Waals surface area contributed by atoms with Crippen LogP contribution in [0, 0.1) is 11.8 Å². The number of aliphatic carboxylic acids is 1. The number of unbranched alkanes of at least 4 members (excludes halogenated alkanes) is 18. The first-order valence-corrected chi connectivity index (χ1v) is 13.9. The minimum absolute atomic E-state index is 0.179. The van der Waals surface area contributed by atoms with Crippen molar-refractivity contribution in [1.29, 1.82) is 0 Å². The van der Waals surface area contributed by atoms with Crippen LogP contribution in [0.5, 0.6) is 0 Å². The normalized spacial score (nSPS) is 12.5. The molecule has 2 heteroatoms. The van der Waals surface area contributed by atoms with Gasteiger partial charge in [0.05, 0.1) is 5.92 Å². The quantitative estimate of drug-likeness (QED) is 0.156. The molecule has 0 fully saturated rings. The highest BCUT2D eigenvalue weighted by molar-refractivity contribution is 5.69. The third kappa shape index (κ3) is 19.4. The fourth-order valence-electron chi connectivity index (χ4n) is 4.63. The lowest BCUT2D eigenvalue weighted by Gasteiger charge is -2.21. The van der Waals surface area contributed by atoms with Crippen LogP contribution in [0.4, 0.5) is 0 Å². The number of carbonyl (C=O) groups is 1. The number of hydrogen-bond acceptors (Lipinski definition) is 1. The van der Waals surface area contributed by atoms with Crippen molar-refractivity contribution in [3.8, 4) is 0 Å². The van der Waals surface area contributed by atoms with Gasteiger partial charge in [0, 0.05) is 0 Å². The van der Waals surface area contributed by atoms with Crippen molar-refractivity contribution in [3.63, 3.8) is 0 Å². The van der Waals surface area contributed by atoms with E-state index in [4.69, 9.17) is 0 Å². The van der Waals surface area contributed by atoms with Crippen molar-refractivity contribution >= 4 is 5.97 Å². The maximum atomic E-state index is 11.5. The summed E-state index contributed by atoms with van der Waals surface area (Å²) in [5, 5.41) is 9.48. The van der Waals surface area contributed by atoms with Gasteiger partial charge in [0.25, 0.3) is 0 Å². The van der Waals surface area contributed by atoms with E-state index in [2.05, 4.69) is 13.8 Å². The summed E-state index contributed by atoms with van der Waals surface area (Å²) >= 11 is 0. The summed E-state index contributed by atoms with van der Waals surface area (Å²) in [6.07, 6.45) is 29.3. The van der Waals surface area contributed by atoms with E-state index in [-0.39, 0.29) is 5.92 Å². The molecule has 0 saturated carbocycles. The lowest BCUT2D eigenvalue weighted by Crippen LogP contribution is -2.20. The van der Waals surface area contributed by atoms with Gasteiger partial charge in [-0.2, -0.15) is 0 Å². The molecule has 180 valence electrons. The van der Waals surface area contributed by atoms with E-state index in [1.54, 1.807) is 0 Å². The number of rotatable bonds is 24. The minimum Gasteiger partial charge on any atom is -0.481 e. The van der Waals surface area contributed by atoms with Crippen LogP contribution in [-0.2, 0) is 4.79 Å². The smallest absolute Gasteiger partial charge is 0.306 e. The molecule has 0 amide bonds. The molecule has 0 heterocycles.